The van der Waals surface area contributed by atoms with Gasteiger partial charge in [0.05, 0.1) is 0 Å². The van der Waals surface area contributed by atoms with Gasteiger partial charge in [-0.3, -0.25) is 4.79 Å². The fourth-order valence-corrected chi connectivity index (χ4v) is 2.62. The van der Waals surface area contributed by atoms with Gasteiger partial charge in [0.15, 0.2) is 0 Å². The predicted octanol–water partition coefficient (Wildman–Crippen LogP) is 2.30. The van der Waals surface area contributed by atoms with Crippen molar-refractivity contribution in [1.29, 1.82) is 0 Å². The number of carbonyl (C=O) groups excluding carboxylic acids is 1. The molecular weight excluding hydrogens is 313 g/mol. The zero-order valence-corrected chi connectivity index (χ0v) is 12.2. The van der Waals surface area contributed by atoms with Gasteiger partial charge in [0.1, 0.15) is 6.54 Å². The summed E-state index contributed by atoms with van der Waals surface area (Å²) in [5.74, 6) is -1.58. The predicted molar refractivity (Wildman–Crippen MR) is 72.3 cm³/mol. The number of hydrogen-bond acceptors (Lipinski definition) is 4. The van der Waals surface area contributed by atoms with Crippen molar-refractivity contribution in [3.63, 3.8) is 0 Å². The third-order valence-corrected chi connectivity index (χ3v) is 3.86. The molecule has 0 saturated carbocycles. The zero-order valence-electron chi connectivity index (χ0n) is 12.2. The van der Waals surface area contributed by atoms with Crippen molar-refractivity contribution in [3.05, 3.63) is 36.3 Å². The van der Waals surface area contributed by atoms with Crippen LogP contribution in [0.2, 0.25) is 0 Å². The minimum absolute atomic E-state index is 0.00478. The lowest BCUT2D eigenvalue weighted by atomic mass is 9.97. The van der Waals surface area contributed by atoms with E-state index in [0.717, 1.165) is 0 Å². The maximum atomic E-state index is 12.5. The molecule has 0 unspecified atom stereocenters. The molecule has 1 aliphatic rings. The summed E-state index contributed by atoms with van der Waals surface area (Å²) in [5, 5.41) is 6.53. The summed E-state index contributed by atoms with van der Waals surface area (Å²) >= 11 is 0. The first-order valence-electron chi connectivity index (χ1n) is 7.22. The van der Waals surface area contributed by atoms with Gasteiger partial charge in [0.2, 0.25) is 11.8 Å². The standard InChI is InChI=1S/C14H15F3N4O2/c15-14(16,17)13-19-18-12(23-13)10-3-7-21(8-4-10)11(22)9-20-5-1-2-6-20/h1-2,5-6,10H,3-4,7-9H2. The van der Waals surface area contributed by atoms with E-state index >= 15 is 0 Å². The van der Waals surface area contributed by atoms with Gasteiger partial charge < -0.3 is 13.9 Å². The summed E-state index contributed by atoms with van der Waals surface area (Å²) in [7, 11) is 0. The maximum absolute atomic E-state index is 12.5. The average Bonchev–Trinajstić information content (AvgIpc) is 3.18. The van der Waals surface area contributed by atoms with Gasteiger partial charge >= 0.3 is 12.1 Å². The van der Waals surface area contributed by atoms with Gasteiger partial charge in [-0.15, -0.1) is 10.2 Å². The van der Waals surface area contributed by atoms with Crippen molar-refractivity contribution in [3.8, 4) is 0 Å². The van der Waals surface area contributed by atoms with E-state index in [2.05, 4.69) is 10.2 Å². The first-order chi connectivity index (χ1) is 10.9. The number of carbonyl (C=O) groups is 1. The van der Waals surface area contributed by atoms with Crippen LogP contribution in [0.4, 0.5) is 13.2 Å². The van der Waals surface area contributed by atoms with Crippen molar-refractivity contribution in [1.82, 2.24) is 19.7 Å². The van der Waals surface area contributed by atoms with E-state index in [1.807, 2.05) is 24.5 Å². The third kappa shape index (κ3) is 3.54. The molecule has 6 nitrogen and oxygen atoms in total. The van der Waals surface area contributed by atoms with E-state index in [4.69, 9.17) is 4.42 Å². The molecule has 0 aromatic carbocycles. The highest BCUT2D eigenvalue weighted by molar-refractivity contribution is 5.76. The molecule has 0 aliphatic carbocycles. The molecule has 0 bridgehead atoms. The highest BCUT2D eigenvalue weighted by Gasteiger charge is 2.39. The SMILES string of the molecule is O=C(Cn1cccc1)N1CCC(c2nnc(C(F)(F)F)o2)CC1. The van der Waals surface area contributed by atoms with Crippen LogP contribution in [0.3, 0.4) is 0 Å². The molecule has 1 fully saturated rings. The number of nitrogens with zero attached hydrogens (tertiary/aromatic N) is 4. The number of piperidine rings is 1. The lowest BCUT2D eigenvalue weighted by Crippen LogP contribution is -2.39. The number of alkyl halides is 3. The number of halogens is 3. The van der Waals surface area contributed by atoms with Gasteiger partial charge in [-0.2, -0.15) is 13.2 Å². The smallest absolute Gasteiger partial charge is 0.417 e. The molecule has 9 heteroatoms. The van der Waals surface area contributed by atoms with Crippen molar-refractivity contribution >= 4 is 5.91 Å². The minimum Gasteiger partial charge on any atom is -0.417 e. The fourth-order valence-electron chi connectivity index (χ4n) is 2.62. The second kappa shape index (κ2) is 6.05. The lowest BCUT2D eigenvalue weighted by molar-refractivity contribution is -0.157. The Balaban J connectivity index is 1.56. The van der Waals surface area contributed by atoms with E-state index in [-0.39, 0.29) is 24.3 Å². The lowest BCUT2D eigenvalue weighted by Gasteiger charge is -2.30. The summed E-state index contributed by atoms with van der Waals surface area (Å²) in [6.07, 6.45) is 0.00993. The molecule has 0 atom stereocenters. The molecule has 1 aliphatic heterocycles. The summed E-state index contributed by atoms with van der Waals surface area (Å²) in [4.78, 5) is 13.9. The Kier molecular flexibility index (Phi) is 4.10. The molecular formula is C14H15F3N4O2. The zero-order chi connectivity index (χ0) is 16.4. The Bertz CT molecular complexity index is 658. The fraction of sp³-hybridized carbons (Fsp3) is 0.500. The van der Waals surface area contributed by atoms with Crippen molar-refractivity contribution in [2.75, 3.05) is 13.1 Å². The Morgan fingerprint density at radius 1 is 1.22 bits per heavy atom. The van der Waals surface area contributed by atoms with Crippen molar-refractivity contribution in [2.45, 2.75) is 31.5 Å². The van der Waals surface area contributed by atoms with Crippen LogP contribution in [0, 0.1) is 0 Å². The van der Waals surface area contributed by atoms with Gasteiger partial charge in [0.25, 0.3) is 0 Å². The number of likely N-dealkylation sites (tertiary alicyclic amines) is 1. The van der Waals surface area contributed by atoms with Gasteiger partial charge in [0, 0.05) is 31.4 Å². The number of rotatable bonds is 3. The minimum atomic E-state index is -4.63. The summed E-state index contributed by atoms with van der Waals surface area (Å²) in [6.45, 7) is 1.19. The third-order valence-electron chi connectivity index (χ3n) is 3.86. The largest absolute Gasteiger partial charge is 0.470 e. The molecule has 2 aromatic heterocycles. The Morgan fingerprint density at radius 2 is 1.87 bits per heavy atom. The Morgan fingerprint density at radius 3 is 2.43 bits per heavy atom. The van der Waals surface area contributed by atoms with E-state index in [1.54, 1.807) is 9.47 Å². The van der Waals surface area contributed by atoms with Gasteiger partial charge in [-0.25, -0.2) is 0 Å². The van der Waals surface area contributed by atoms with Gasteiger partial charge in [-0.1, -0.05) is 0 Å². The normalized spacial score (nSPS) is 16.7. The number of amides is 1. The summed E-state index contributed by atoms with van der Waals surface area (Å²) < 4.78 is 43.9. The molecule has 23 heavy (non-hydrogen) atoms. The van der Waals surface area contributed by atoms with E-state index in [9.17, 15) is 18.0 Å². The molecule has 124 valence electrons. The quantitative estimate of drug-likeness (QED) is 0.867. The highest BCUT2D eigenvalue weighted by Crippen LogP contribution is 2.32. The van der Waals surface area contributed by atoms with Gasteiger partial charge in [-0.05, 0) is 25.0 Å². The molecule has 1 saturated heterocycles. The van der Waals surface area contributed by atoms with Crippen molar-refractivity contribution < 1.29 is 22.4 Å². The monoisotopic (exact) mass is 328 g/mol. The molecule has 0 spiro atoms. The first kappa shape index (κ1) is 15.6. The highest BCUT2D eigenvalue weighted by atomic mass is 19.4. The van der Waals surface area contributed by atoms with E-state index < -0.39 is 12.1 Å². The molecule has 0 N–H and O–H groups in total. The second-order valence-corrected chi connectivity index (χ2v) is 5.45. The molecule has 0 radical (unpaired) electrons. The van der Waals surface area contributed by atoms with Crippen LogP contribution in [0.25, 0.3) is 0 Å². The van der Waals surface area contributed by atoms with E-state index in [0.29, 0.717) is 25.9 Å². The first-order valence-corrected chi connectivity index (χ1v) is 7.22. The Hall–Kier alpha value is -2.32. The molecule has 3 heterocycles. The van der Waals surface area contributed by atoms with Crippen LogP contribution >= 0.6 is 0 Å². The maximum Gasteiger partial charge on any atom is 0.470 e. The van der Waals surface area contributed by atoms with E-state index in [1.165, 1.54) is 0 Å². The van der Waals surface area contributed by atoms with Crippen molar-refractivity contribution in [2.24, 2.45) is 0 Å². The molecule has 3 rings (SSSR count). The van der Waals surface area contributed by atoms with Crippen LogP contribution < -0.4 is 0 Å². The van der Waals surface area contributed by atoms with Crippen LogP contribution in [-0.4, -0.2) is 38.7 Å². The van der Waals surface area contributed by atoms with Crippen LogP contribution in [0.1, 0.15) is 30.5 Å². The number of hydrogen-bond donors (Lipinski definition) is 0. The second-order valence-electron chi connectivity index (χ2n) is 5.45. The summed E-state index contributed by atoms with van der Waals surface area (Å²) in [5.41, 5.74) is 0. The number of aromatic nitrogens is 3. The molecule has 2 aromatic rings. The molecule has 1 amide bonds. The average molecular weight is 328 g/mol. The van der Waals surface area contributed by atoms with Crippen LogP contribution in [-0.2, 0) is 17.5 Å². The topological polar surface area (TPSA) is 64.2 Å². The Labute approximate surface area is 129 Å². The van der Waals surface area contributed by atoms with Crippen LogP contribution in [0.5, 0.6) is 0 Å². The summed E-state index contributed by atoms with van der Waals surface area (Å²) in [6, 6.07) is 3.68. The van der Waals surface area contributed by atoms with Crippen LogP contribution in [0.15, 0.2) is 28.9 Å².